The molecule has 12 heteroatoms. The Balaban J connectivity index is 0.00000338. The first-order chi connectivity index (χ1) is 11.5. The molecule has 4 nitrogen and oxygen atoms in total. The van der Waals surface area contributed by atoms with Gasteiger partial charge in [-0.1, -0.05) is 0 Å². The zero-order valence-electron chi connectivity index (χ0n) is 12.7. The van der Waals surface area contributed by atoms with E-state index in [0.717, 1.165) is 11.3 Å². The number of halogens is 7. The SMILES string of the molecule is Cl.NCC(=O)Nc1ncc(Cc2cc(C(F)(F)F)cc(C(F)(F)F)c2)s1. The molecular weight excluding hydrogens is 408 g/mol. The van der Waals surface area contributed by atoms with E-state index in [2.05, 4.69) is 10.3 Å². The molecule has 0 aliphatic heterocycles. The number of aromatic nitrogens is 1. The van der Waals surface area contributed by atoms with Crippen LogP contribution in [0, 0.1) is 0 Å². The van der Waals surface area contributed by atoms with Crippen LogP contribution in [0.15, 0.2) is 24.4 Å². The van der Waals surface area contributed by atoms with E-state index in [1.807, 2.05) is 0 Å². The van der Waals surface area contributed by atoms with Gasteiger partial charge >= 0.3 is 12.4 Å². The van der Waals surface area contributed by atoms with E-state index >= 15 is 0 Å². The van der Waals surface area contributed by atoms with Crippen molar-refractivity contribution in [2.75, 3.05) is 11.9 Å². The van der Waals surface area contributed by atoms with Crippen LogP contribution in [0.3, 0.4) is 0 Å². The van der Waals surface area contributed by atoms with Crippen molar-refractivity contribution in [1.82, 2.24) is 4.98 Å². The number of amides is 1. The Morgan fingerprint density at radius 2 is 1.62 bits per heavy atom. The van der Waals surface area contributed by atoms with E-state index in [-0.39, 0.29) is 42.1 Å². The summed E-state index contributed by atoms with van der Waals surface area (Å²) in [6, 6.07) is 1.39. The van der Waals surface area contributed by atoms with Gasteiger partial charge in [0.05, 0.1) is 17.7 Å². The number of thiazole rings is 1. The number of nitrogens with one attached hydrogen (secondary N) is 1. The van der Waals surface area contributed by atoms with Crippen molar-refractivity contribution in [3.05, 3.63) is 46.0 Å². The number of benzene rings is 1. The molecular formula is C14H12ClF6N3OS. The molecule has 0 saturated carbocycles. The Kier molecular flexibility index (Phi) is 7.02. The van der Waals surface area contributed by atoms with Gasteiger partial charge in [0.1, 0.15) is 0 Å². The summed E-state index contributed by atoms with van der Waals surface area (Å²) in [5, 5.41) is 2.51. The second-order valence-electron chi connectivity index (χ2n) is 4.97. The predicted molar refractivity (Wildman–Crippen MR) is 86.3 cm³/mol. The van der Waals surface area contributed by atoms with Gasteiger partial charge in [-0.3, -0.25) is 4.79 Å². The Morgan fingerprint density at radius 3 is 2.08 bits per heavy atom. The molecule has 1 heterocycles. The molecule has 1 aromatic heterocycles. The lowest BCUT2D eigenvalue weighted by Gasteiger charge is -2.13. The van der Waals surface area contributed by atoms with Crippen molar-refractivity contribution >= 4 is 34.8 Å². The molecule has 144 valence electrons. The third kappa shape index (κ3) is 5.85. The molecule has 0 bridgehead atoms. The second kappa shape index (κ2) is 8.23. The Bertz CT molecular complexity index is 743. The average Bonchev–Trinajstić information content (AvgIpc) is 2.92. The fraction of sp³-hybridized carbons (Fsp3) is 0.286. The number of nitrogens with two attached hydrogens (primary N) is 1. The van der Waals surface area contributed by atoms with Gasteiger partial charge in [-0.25, -0.2) is 4.98 Å². The van der Waals surface area contributed by atoms with E-state index in [4.69, 9.17) is 5.73 Å². The van der Waals surface area contributed by atoms with Crippen molar-refractivity contribution < 1.29 is 31.1 Å². The van der Waals surface area contributed by atoms with E-state index < -0.39 is 29.4 Å². The Morgan fingerprint density at radius 1 is 1.08 bits per heavy atom. The molecule has 0 aliphatic carbocycles. The number of carbonyl (C=O) groups excluding carboxylic acids is 1. The van der Waals surface area contributed by atoms with Gasteiger partial charge in [0, 0.05) is 17.5 Å². The Hall–Kier alpha value is -1.85. The summed E-state index contributed by atoms with van der Waals surface area (Å²) < 4.78 is 76.9. The van der Waals surface area contributed by atoms with E-state index in [0.29, 0.717) is 17.0 Å². The van der Waals surface area contributed by atoms with Crippen LogP contribution in [0.4, 0.5) is 31.5 Å². The highest BCUT2D eigenvalue weighted by Crippen LogP contribution is 2.37. The summed E-state index contributed by atoms with van der Waals surface area (Å²) in [7, 11) is 0. The minimum absolute atomic E-state index is 0. The maximum atomic E-state index is 12.8. The lowest BCUT2D eigenvalue weighted by Crippen LogP contribution is -2.21. The van der Waals surface area contributed by atoms with Crippen LogP contribution in [0.2, 0.25) is 0 Å². The molecule has 0 radical (unpaired) electrons. The van der Waals surface area contributed by atoms with Crippen LogP contribution < -0.4 is 11.1 Å². The first kappa shape index (κ1) is 22.2. The molecule has 1 aromatic carbocycles. The maximum absolute atomic E-state index is 12.8. The van der Waals surface area contributed by atoms with Gasteiger partial charge < -0.3 is 11.1 Å². The quantitative estimate of drug-likeness (QED) is 0.733. The Labute approximate surface area is 153 Å². The van der Waals surface area contributed by atoms with Gasteiger partial charge in [-0.2, -0.15) is 26.3 Å². The van der Waals surface area contributed by atoms with E-state index in [1.54, 1.807) is 0 Å². The lowest BCUT2D eigenvalue weighted by atomic mass is 10.0. The molecule has 2 rings (SSSR count). The van der Waals surface area contributed by atoms with Gasteiger partial charge in [0.2, 0.25) is 5.91 Å². The molecule has 0 saturated heterocycles. The molecule has 0 fully saturated rings. The van der Waals surface area contributed by atoms with Crippen LogP contribution in [0.1, 0.15) is 21.6 Å². The van der Waals surface area contributed by atoms with Crippen LogP contribution in [-0.2, 0) is 23.6 Å². The van der Waals surface area contributed by atoms with Crippen LogP contribution in [-0.4, -0.2) is 17.4 Å². The van der Waals surface area contributed by atoms with Crippen LogP contribution in [0.5, 0.6) is 0 Å². The van der Waals surface area contributed by atoms with Gasteiger partial charge in [0.25, 0.3) is 0 Å². The number of anilines is 1. The number of nitrogens with zero attached hydrogens (tertiary/aromatic N) is 1. The van der Waals surface area contributed by atoms with Crippen molar-refractivity contribution in [1.29, 1.82) is 0 Å². The minimum atomic E-state index is -4.90. The molecule has 0 aliphatic rings. The number of alkyl halides is 6. The van der Waals surface area contributed by atoms with Gasteiger partial charge in [0.15, 0.2) is 5.13 Å². The third-order valence-corrected chi connectivity index (χ3v) is 3.92. The normalized spacial score (nSPS) is 11.8. The first-order valence-corrected chi connectivity index (χ1v) is 7.53. The topological polar surface area (TPSA) is 68.0 Å². The third-order valence-electron chi connectivity index (χ3n) is 3.01. The lowest BCUT2D eigenvalue weighted by molar-refractivity contribution is -0.143. The van der Waals surface area contributed by atoms with Crippen LogP contribution >= 0.6 is 23.7 Å². The fourth-order valence-corrected chi connectivity index (χ4v) is 2.80. The van der Waals surface area contributed by atoms with Crippen molar-refractivity contribution in [2.24, 2.45) is 5.73 Å². The minimum Gasteiger partial charge on any atom is -0.322 e. The summed E-state index contributed by atoms with van der Waals surface area (Å²) in [5.74, 6) is -0.515. The molecule has 0 spiro atoms. The van der Waals surface area contributed by atoms with Crippen molar-refractivity contribution in [3.8, 4) is 0 Å². The number of hydrogen-bond donors (Lipinski definition) is 2. The zero-order chi connectivity index (χ0) is 18.8. The predicted octanol–water partition coefficient (Wildman–Crippen LogP) is 4.09. The monoisotopic (exact) mass is 419 g/mol. The smallest absolute Gasteiger partial charge is 0.322 e. The average molecular weight is 420 g/mol. The largest absolute Gasteiger partial charge is 0.416 e. The van der Waals surface area contributed by atoms with Gasteiger partial charge in [-0.05, 0) is 23.8 Å². The molecule has 2 aromatic rings. The highest BCUT2D eigenvalue weighted by molar-refractivity contribution is 7.15. The zero-order valence-corrected chi connectivity index (χ0v) is 14.4. The summed E-state index contributed by atoms with van der Waals surface area (Å²) in [6.07, 6.45) is -8.72. The van der Waals surface area contributed by atoms with Crippen molar-refractivity contribution in [2.45, 2.75) is 18.8 Å². The summed E-state index contributed by atoms with van der Waals surface area (Å²) >= 11 is 0.937. The summed E-state index contributed by atoms with van der Waals surface area (Å²) in [6.45, 7) is -0.280. The standard InChI is InChI=1S/C14H11F6N3OS.ClH/c15-13(16,17)8-1-7(2-9(4-8)14(18,19)20)3-10-6-22-12(25-10)23-11(24)5-21;/h1-2,4,6H,3,5,21H2,(H,22,23,24);1H. The van der Waals surface area contributed by atoms with Crippen molar-refractivity contribution in [3.63, 3.8) is 0 Å². The number of rotatable bonds is 4. The fourth-order valence-electron chi connectivity index (χ4n) is 1.94. The molecule has 1 amide bonds. The molecule has 26 heavy (non-hydrogen) atoms. The highest BCUT2D eigenvalue weighted by Gasteiger charge is 2.36. The van der Waals surface area contributed by atoms with E-state index in [1.165, 1.54) is 6.20 Å². The summed E-state index contributed by atoms with van der Waals surface area (Å²) in [4.78, 5) is 15.4. The second-order valence-corrected chi connectivity index (χ2v) is 6.09. The van der Waals surface area contributed by atoms with E-state index in [9.17, 15) is 31.1 Å². The van der Waals surface area contributed by atoms with Crippen LogP contribution in [0.25, 0.3) is 0 Å². The first-order valence-electron chi connectivity index (χ1n) is 6.72. The molecule has 0 atom stereocenters. The summed E-state index contributed by atoms with van der Waals surface area (Å²) in [5.41, 5.74) is 2.20. The van der Waals surface area contributed by atoms with Gasteiger partial charge in [-0.15, -0.1) is 23.7 Å². The maximum Gasteiger partial charge on any atom is 0.416 e. The highest BCUT2D eigenvalue weighted by atomic mass is 35.5. The number of hydrogen-bond acceptors (Lipinski definition) is 4. The molecule has 0 unspecified atom stereocenters. The number of carbonyl (C=O) groups is 1. The molecule has 3 N–H and O–H groups in total.